The number of nitrogens with one attached hydrogen (secondary N) is 2. The highest BCUT2D eigenvalue weighted by molar-refractivity contribution is 5.99. The zero-order chi connectivity index (χ0) is 24.9. The molecule has 7 nitrogen and oxygen atoms in total. The number of hydrogen-bond acceptors (Lipinski definition) is 4. The number of rotatable bonds is 7. The molecular weight excluding hydrogens is 452 g/mol. The van der Waals surface area contributed by atoms with Gasteiger partial charge in [0.05, 0.1) is 5.92 Å². The Morgan fingerprint density at radius 2 is 1.56 bits per heavy atom. The molecule has 0 aromatic heterocycles. The van der Waals surface area contributed by atoms with E-state index in [0.29, 0.717) is 32.2 Å². The van der Waals surface area contributed by atoms with E-state index in [1.807, 2.05) is 36.4 Å². The van der Waals surface area contributed by atoms with Crippen LogP contribution in [0.15, 0.2) is 60.7 Å². The van der Waals surface area contributed by atoms with E-state index in [9.17, 15) is 14.4 Å². The SMILES string of the molecule is O=C(NC1CCN(Cc2ccccc2)CC1)C1CCC2C(=O)N(CCc3ccccc3)C(=O)NC2C1. The van der Waals surface area contributed by atoms with Gasteiger partial charge in [-0.2, -0.15) is 0 Å². The maximum Gasteiger partial charge on any atom is 0.324 e. The van der Waals surface area contributed by atoms with Crippen LogP contribution in [-0.4, -0.2) is 59.4 Å². The van der Waals surface area contributed by atoms with Crippen LogP contribution in [0.25, 0.3) is 0 Å². The van der Waals surface area contributed by atoms with E-state index in [2.05, 4.69) is 39.8 Å². The molecule has 4 amide bonds. The van der Waals surface area contributed by atoms with Crippen molar-refractivity contribution in [3.63, 3.8) is 0 Å². The van der Waals surface area contributed by atoms with E-state index < -0.39 is 0 Å². The maximum absolute atomic E-state index is 13.1. The lowest BCUT2D eigenvalue weighted by Gasteiger charge is -2.42. The summed E-state index contributed by atoms with van der Waals surface area (Å²) in [5.41, 5.74) is 2.42. The number of likely N-dealkylation sites (tertiary alicyclic amines) is 1. The Bertz CT molecular complexity index is 1050. The fraction of sp³-hybridized carbons (Fsp3) is 0.483. The van der Waals surface area contributed by atoms with Crippen molar-refractivity contribution in [3.05, 3.63) is 71.8 Å². The average Bonchev–Trinajstić information content (AvgIpc) is 2.90. The fourth-order valence-corrected chi connectivity index (χ4v) is 5.89. The molecule has 2 aliphatic heterocycles. The zero-order valence-corrected chi connectivity index (χ0v) is 20.8. The second-order valence-corrected chi connectivity index (χ2v) is 10.4. The minimum Gasteiger partial charge on any atom is -0.353 e. The van der Waals surface area contributed by atoms with E-state index in [0.717, 1.165) is 38.0 Å². The van der Waals surface area contributed by atoms with Crippen molar-refractivity contribution >= 4 is 17.8 Å². The molecule has 2 heterocycles. The second-order valence-electron chi connectivity index (χ2n) is 10.4. The van der Waals surface area contributed by atoms with E-state index in [-0.39, 0.29) is 41.8 Å². The lowest BCUT2D eigenvalue weighted by molar-refractivity contribution is -0.139. The van der Waals surface area contributed by atoms with Gasteiger partial charge in [0.1, 0.15) is 0 Å². The van der Waals surface area contributed by atoms with Crippen LogP contribution in [0.4, 0.5) is 4.79 Å². The summed E-state index contributed by atoms with van der Waals surface area (Å²) in [5.74, 6) is -0.409. The number of amides is 4. The fourth-order valence-electron chi connectivity index (χ4n) is 5.89. The van der Waals surface area contributed by atoms with Crippen molar-refractivity contribution in [2.45, 2.75) is 57.2 Å². The highest BCUT2D eigenvalue weighted by Gasteiger charge is 2.45. The van der Waals surface area contributed by atoms with Crippen LogP contribution in [0.2, 0.25) is 0 Å². The summed E-state index contributed by atoms with van der Waals surface area (Å²) in [4.78, 5) is 42.7. The summed E-state index contributed by atoms with van der Waals surface area (Å²) in [6.45, 7) is 3.27. The van der Waals surface area contributed by atoms with Gasteiger partial charge in [0.2, 0.25) is 11.8 Å². The van der Waals surface area contributed by atoms with Crippen molar-refractivity contribution in [3.8, 4) is 0 Å². The zero-order valence-electron chi connectivity index (χ0n) is 20.8. The molecule has 3 atom stereocenters. The number of carbonyl (C=O) groups is 3. The Morgan fingerprint density at radius 1 is 0.889 bits per heavy atom. The minimum atomic E-state index is -0.330. The van der Waals surface area contributed by atoms with Gasteiger partial charge in [-0.25, -0.2) is 4.79 Å². The van der Waals surface area contributed by atoms with Crippen LogP contribution in [0.5, 0.6) is 0 Å². The summed E-state index contributed by atoms with van der Waals surface area (Å²) in [6, 6.07) is 20.0. The summed E-state index contributed by atoms with van der Waals surface area (Å²) in [7, 11) is 0. The van der Waals surface area contributed by atoms with Crippen LogP contribution in [0, 0.1) is 11.8 Å². The molecular formula is C29H36N4O3. The van der Waals surface area contributed by atoms with Gasteiger partial charge in [-0.1, -0.05) is 60.7 Å². The van der Waals surface area contributed by atoms with Crippen molar-refractivity contribution in [1.29, 1.82) is 0 Å². The van der Waals surface area contributed by atoms with Gasteiger partial charge in [-0.15, -0.1) is 0 Å². The van der Waals surface area contributed by atoms with Crippen LogP contribution in [0.3, 0.4) is 0 Å². The number of carbonyl (C=O) groups excluding carboxylic acids is 3. The van der Waals surface area contributed by atoms with E-state index in [1.54, 1.807) is 0 Å². The number of piperidine rings is 1. The predicted octanol–water partition coefficient (Wildman–Crippen LogP) is 3.35. The van der Waals surface area contributed by atoms with Gasteiger partial charge in [0, 0.05) is 44.2 Å². The Hall–Kier alpha value is -3.19. The Labute approximate surface area is 213 Å². The Morgan fingerprint density at radius 3 is 2.25 bits per heavy atom. The van der Waals surface area contributed by atoms with Crippen LogP contribution in [-0.2, 0) is 22.6 Å². The predicted molar refractivity (Wildman–Crippen MR) is 138 cm³/mol. The Kier molecular flexibility index (Phi) is 7.66. The molecule has 2 saturated heterocycles. The molecule has 0 radical (unpaired) electrons. The lowest BCUT2D eigenvalue weighted by atomic mass is 9.76. The van der Waals surface area contributed by atoms with Gasteiger partial charge >= 0.3 is 6.03 Å². The second kappa shape index (κ2) is 11.2. The number of nitrogens with zero attached hydrogens (tertiary/aromatic N) is 2. The normalized spacial score (nSPS) is 25.2. The largest absolute Gasteiger partial charge is 0.353 e. The van der Waals surface area contributed by atoms with Crippen LogP contribution < -0.4 is 10.6 Å². The molecule has 0 spiro atoms. The maximum atomic E-state index is 13.1. The number of imide groups is 1. The van der Waals surface area contributed by atoms with Crippen molar-refractivity contribution in [2.24, 2.45) is 11.8 Å². The standard InChI is InChI=1S/C29H36N4O3/c34-27(30-24-14-16-32(17-15-24)20-22-9-5-2-6-10-22)23-11-12-25-26(19-23)31-29(36)33(28(25)35)18-13-21-7-3-1-4-8-21/h1-10,23-26H,11-20H2,(H,30,34)(H,31,36). The number of fused-ring (bicyclic) bond motifs is 1. The molecule has 5 rings (SSSR count). The Balaban J connectivity index is 1.08. The molecule has 2 aromatic carbocycles. The molecule has 36 heavy (non-hydrogen) atoms. The number of urea groups is 1. The third kappa shape index (κ3) is 5.78. The van der Waals surface area contributed by atoms with Crippen molar-refractivity contribution in [2.75, 3.05) is 19.6 Å². The van der Waals surface area contributed by atoms with E-state index in [4.69, 9.17) is 0 Å². The number of benzene rings is 2. The van der Waals surface area contributed by atoms with Gasteiger partial charge in [-0.3, -0.25) is 19.4 Å². The molecule has 3 fully saturated rings. The molecule has 2 N–H and O–H groups in total. The molecule has 0 bridgehead atoms. The first-order chi connectivity index (χ1) is 17.6. The topological polar surface area (TPSA) is 81.8 Å². The van der Waals surface area contributed by atoms with Crippen LogP contribution >= 0.6 is 0 Å². The first-order valence-corrected chi connectivity index (χ1v) is 13.3. The van der Waals surface area contributed by atoms with Gasteiger partial charge in [-0.05, 0) is 49.7 Å². The van der Waals surface area contributed by atoms with Crippen molar-refractivity contribution < 1.29 is 14.4 Å². The smallest absolute Gasteiger partial charge is 0.324 e. The molecule has 1 saturated carbocycles. The number of hydrogen-bond donors (Lipinski definition) is 2. The van der Waals surface area contributed by atoms with Crippen molar-refractivity contribution in [1.82, 2.24) is 20.4 Å². The average molecular weight is 489 g/mol. The van der Waals surface area contributed by atoms with Gasteiger partial charge in [0.25, 0.3) is 0 Å². The van der Waals surface area contributed by atoms with Gasteiger partial charge < -0.3 is 10.6 Å². The summed E-state index contributed by atoms with van der Waals surface area (Å²) < 4.78 is 0. The molecule has 1 aliphatic carbocycles. The highest BCUT2D eigenvalue weighted by Crippen LogP contribution is 2.33. The summed E-state index contributed by atoms with van der Waals surface area (Å²) in [6.07, 6.45) is 4.40. The molecule has 7 heteroatoms. The third-order valence-corrected chi connectivity index (χ3v) is 8.01. The highest BCUT2D eigenvalue weighted by atomic mass is 16.2. The quantitative estimate of drug-likeness (QED) is 0.626. The first kappa shape index (κ1) is 24.5. The minimum absolute atomic E-state index is 0.0724. The van der Waals surface area contributed by atoms with Crippen LogP contribution in [0.1, 0.15) is 43.2 Å². The molecule has 3 unspecified atom stereocenters. The molecule has 190 valence electrons. The summed E-state index contributed by atoms with van der Waals surface area (Å²) >= 11 is 0. The first-order valence-electron chi connectivity index (χ1n) is 13.3. The monoisotopic (exact) mass is 488 g/mol. The van der Waals surface area contributed by atoms with Gasteiger partial charge in [0.15, 0.2) is 0 Å². The van der Waals surface area contributed by atoms with E-state index >= 15 is 0 Å². The summed E-state index contributed by atoms with van der Waals surface area (Å²) in [5, 5.41) is 6.30. The third-order valence-electron chi connectivity index (χ3n) is 8.01. The van der Waals surface area contributed by atoms with E-state index in [1.165, 1.54) is 10.5 Å². The lowest BCUT2D eigenvalue weighted by Crippen LogP contribution is -2.62. The molecule has 3 aliphatic rings. The molecule has 2 aromatic rings.